The molecule has 0 spiro atoms. The molecule has 1 amide bonds. The lowest BCUT2D eigenvalue weighted by Gasteiger charge is -2.13. The Labute approximate surface area is 120 Å². The monoisotopic (exact) mass is 299 g/mol. The van der Waals surface area contributed by atoms with Crippen LogP contribution in [0.15, 0.2) is 35.7 Å². The normalized spacial score (nSPS) is 12.2. The minimum atomic E-state index is -0.197. The third-order valence-corrected chi connectivity index (χ3v) is 4.10. The highest BCUT2D eigenvalue weighted by atomic mass is 35.5. The Kier molecular flexibility index (Phi) is 4.27. The first-order chi connectivity index (χ1) is 8.58. The highest BCUT2D eigenvalue weighted by Gasteiger charge is 2.14. The molecule has 2 nitrogen and oxygen atoms in total. The molecule has 0 aliphatic rings. The van der Waals surface area contributed by atoms with E-state index in [1.165, 1.54) is 0 Å². The number of nitrogens with one attached hydrogen (secondary N) is 1. The largest absolute Gasteiger partial charge is 0.345 e. The van der Waals surface area contributed by atoms with Crippen molar-refractivity contribution >= 4 is 40.4 Å². The Morgan fingerprint density at radius 3 is 2.72 bits per heavy atom. The lowest BCUT2D eigenvalue weighted by atomic mass is 10.2. The first kappa shape index (κ1) is 13.4. The van der Waals surface area contributed by atoms with Crippen LogP contribution in [0.25, 0.3) is 0 Å². The molecule has 1 unspecified atom stereocenters. The second-order valence-electron chi connectivity index (χ2n) is 3.83. The maximum absolute atomic E-state index is 12.0. The van der Waals surface area contributed by atoms with Gasteiger partial charge in [0.25, 0.3) is 5.91 Å². The van der Waals surface area contributed by atoms with Crippen LogP contribution < -0.4 is 5.32 Å². The van der Waals surface area contributed by atoms with Gasteiger partial charge in [-0.15, -0.1) is 11.3 Å². The maximum atomic E-state index is 12.0. The van der Waals surface area contributed by atoms with E-state index in [0.29, 0.717) is 15.6 Å². The van der Waals surface area contributed by atoms with Gasteiger partial charge < -0.3 is 5.32 Å². The number of amides is 1. The van der Waals surface area contributed by atoms with Crippen molar-refractivity contribution < 1.29 is 4.79 Å². The summed E-state index contributed by atoms with van der Waals surface area (Å²) in [4.78, 5) is 13.2. The van der Waals surface area contributed by atoms with Gasteiger partial charge in [-0.2, -0.15) is 0 Å². The minimum Gasteiger partial charge on any atom is -0.345 e. The summed E-state index contributed by atoms with van der Waals surface area (Å²) in [5.41, 5.74) is 0.435. The molecule has 1 atom stereocenters. The van der Waals surface area contributed by atoms with Crippen molar-refractivity contribution in [2.45, 2.75) is 13.0 Å². The van der Waals surface area contributed by atoms with Crippen molar-refractivity contribution in [2.75, 3.05) is 0 Å². The summed E-state index contributed by atoms with van der Waals surface area (Å²) in [6, 6.07) is 8.74. The van der Waals surface area contributed by atoms with Crippen LogP contribution in [0.5, 0.6) is 0 Å². The Bertz CT molecular complexity index is 554. The van der Waals surface area contributed by atoms with Gasteiger partial charge in [0.15, 0.2) is 0 Å². The molecule has 2 rings (SSSR count). The zero-order chi connectivity index (χ0) is 13.1. The van der Waals surface area contributed by atoms with E-state index >= 15 is 0 Å². The van der Waals surface area contributed by atoms with Crippen molar-refractivity contribution in [1.29, 1.82) is 0 Å². The van der Waals surface area contributed by atoms with E-state index in [2.05, 4.69) is 5.32 Å². The van der Waals surface area contributed by atoms with E-state index in [4.69, 9.17) is 23.2 Å². The number of carbonyl (C=O) groups excluding carboxylic acids is 1. The number of halogens is 2. The predicted octanol–water partition coefficient (Wildman–Crippen LogP) is 4.55. The van der Waals surface area contributed by atoms with E-state index in [0.717, 1.165) is 4.88 Å². The Balaban J connectivity index is 2.12. The van der Waals surface area contributed by atoms with Gasteiger partial charge in [-0.05, 0) is 36.6 Å². The molecule has 1 heterocycles. The molecule has 0 radical (unpaired) electrons. The molecule has 1 aromatic carbocycles. The number of hydrogen-bond donors (Lipinski definition) is 1. The van der Waals surface area contributed by atoms with Gasteiger partial charge in [-0.25, -0.2) is 0 Å². The summed E-state index contributed by atoms with van der Waals surface area (Å²) in [5, 5.41) is 5.76. The second kappa shape index (κ2) is 5.74. The van der Waals surface area contributed by atoms with Crippen LogP contribution in [0, 0.1) is 0 Å². The Hall–Kier alpha value is -1.03. The molecule has 5 heteroatoms. The van der Waals surface area contributed by atoms with Gasteiger partial charge in [-0.1, -0.05) is 29.3 Å². The summed E-state index contributed by atoms with van der Waals surface area (Å²) in [6.07, 6.45) is 0. The molecule has 94 valence electrons. The highest BCUT2D eigenvalue weighted by Crippen LogP contribution is 2.23. The molecule has 0 saturated heterocycles. The average molecular weight is 300 g/mol. The number of benzene rings is 1. The van der Waals surface area contributed by atoms with Gasteiger partial charge in [0.1, 0.15) is 0 Å². The second-order valence-corrected chi connectivity index (χ2v) is 5.66. The van der Waals surface area contributed by atoms with Crippen molar-refractivity contribution in [3.63, 3.8) is 0 Å². The van der Waals surface area contributed by atoms with Crippen LogP contribution in [0.3, 0.4) is 0 Å². The Morgan fingerprint density at radius 1 is 1.33 bits per heavy atom. The van der Waals surface area contributed by atoms with Crippen LogP contribution in [-0.2, 0) is 0 Å². The quantitative estimate of drug-likeness (QED) is 0.885. The smallest absolute Gasteiger partial charge is 0.253 e. The fourth-order valence-corrected chi connectivity index (χ4v) is 2.79. The summed E-state index contributed by atoms with van der Waals surface area (Å²) in [6.45, 7) is 1.94. The summed E-state index contributed by atoms with van der Waals surface area (Å²) in [7, 11) is 0. The van der Waals surface area contributed by atoms with Gasteiger partial charge in [-0.3, -0.25) is 4.79 Å². The third-order valence-electron chi connectivity index (χ3n) is 2.49. The van der Waals surface area contributed by atoms with Gasteiger partial charge in [0, 0.05) is 9.90 Å². The van der Waals surface area contributed by atoms with Crippen LogP contribution in [-0.4, -0.2) is 5.91 Å². The van der Waals surface area contributed by atoms with Gasteiger partial charge in [0.2, 0.25) is 0 Å². The fourth-order valence-electron chi connectivity index (χ4n) is 1.56. The van der Waals surface area contributed by atoms with Crippen molar-refractivity contribution in [1.82, 2.24) is 5.32 Å². The highest BCUT2D eigenvalue weighted by molar-refractivity contribution is 7.10. The van der Waals surface area contributed by atoms with Crippen molar-refractivity contribution in [2.24, 2.45) is 0 Å². The molecular formula is C13H11Cl2NOS. The molecule has 0 fully saturated rings. The van der Waals surface area contributed by atoms with E-state index in [9.17, 15) is 4.79 Å². The van der Waals surface area contributed by atoms with Crippen LogP contribution in [0.4, 0.5) is 0 Å². The molecule has 0 aliphatic carbocycles. The fraction of sp³-hybridized carbons (Fsp3) is 0.154. The standard InChI is InChI=1S/C13H11Cl2NOS/c1-8(12-3-2-6-18-12)16-13(17)10-5-4-9(14)7-11(10)15/h2-8H,1H3,(H,16,17). The average Bonchev–Trinajstić information content (AvgIpc) is 2.81. The van der Waals surface area contributed by atoms with Crippen molar-refractivity contribution in [3.05, 3.63) is 56.2 Å². The molecule has 1 N–H and O–H groups in total. The topological polar surface area (TPSA) is 29.1 Å². The van der Waals surface area contributed by atoms with E-state index in [1.807, 2.05) is 24.4 Å². The summed E-state index contributed by atoms with van der Waals surface area (Å²) >= 11 is 13.4. The summed E-state index contributed by atoms with van der Waals surface area (Å²) < 4.78 is 0. The minimum absolute atomic E-state index is 0.0377. The van der Waals surface area contributed by atoms with E-state index in [1.54, 1.807) is 29.5 Å². The van der Waals surface area contributed by atoms with E-state index in [-0.39, 0.29) is 11.9 Å². The van der Waals surface area contributed by atoms with Gasteiger partial charge in [0.05, 0.1) is 16.6 Å². The Morgan fingerprint density at radius 2 is 2.11 bits per heavy atom. The summed E-state index contributed by atoms with van der Waals surface area (Å²) in [5.74, 6) is -0.197. The maximum Gasteiger partial charge on any atom is 0.253 e. The van der Waals surface area contributed by atoms with Crippen LogP contribution in [0.2, 0.25) is 10.0 Å². The zero-order valence-electron chi connectivity index (χ0n) is 9.61. The first-order valence-electron chi connectivity index (χ1n) is 5.37. The van der Waals surface area contributed by atoms with Gasteiger partial charge >= 0.3 is 0 Å². The lowest BCUT2D eigenvalue weighted by Crippen LogP contribution is -2.26. The number of thiophene rings is 1. The zero-order valence-corrected chi connectivity index (χ0v) is 11.9. The SMILES string of the molecule is CC(NC(=O)c1ccc(Cl)cc1Cl)c1cccs1. The van der Waals surface area contributed by atoms with E-state index < -0.39 is 0 Å². The molecule has 2 aromatic rings. The number of carbonyl (C=O) groups is 1. The molecule has 0 aliphatic heterocycles. The van der Waals surface area contributed by atoms with Crippen molar-refractivity contribution in [3.8, 4) is 0 Å². The van der Waals surface area contributed by atoms with Crippen LogP contribution >= 0.6 is 34.5 Å². The first-order valence-corrected chi connectivity index (χ1v) is 7.01. The molecule has 1 aromatic heterocycles. The number of rotatable bonds is 3. The molecular weight excluding hydrogens is 289 g/mol. The van der Waals surface area contributed by atoms with Crippen LogP contribution in [0.1, 0.15) is 28.2 Å². The molecule has 0 bridgehead atoms. The third kappa shape index (κ3) is 3.05. The molecule has 18 heavy (non-hydrogen) atoms. The number of hydrogen-bond acceptors (Lipinski definition) is 2. The predicted molar refractivity (Wildman–Crippen MR) is 76.7 cm³/mol. The molecule has 0 saturated carbocycles. The lowest BCUT2D eigenvalue weighted by molar-refractivity contribution is 0.0940.